The lowest BCUT2D eigenvalue weighted by Gasteiger charge is -1.82. The zero-order valence-electron chi connectivity index (χ0n) is 6.22. The van der Waals surface area contributed by atoms with Gasteiger partial charge in [0.15, 0.2) is 0 Å². The van der Waals surface area contributed by atoms with Crippen LogP contribution in [0.1, 0.15) is 13.8 Å². The monoisotopic (exact) mass is 134 g/mol. The topological polar surface area (TPSA) is 49.0 Å². The average Bonchev–Trinajstić information content (AvgIpc) is 1.66. The van der Waals surface area contributed by atoms with E-state index in [1.54, 1.807) is 13.8 Å². The molecular formula is C6H14O3. The fourth-order valence-electron chi connectivity index (χ4n) is 0.0833. The van der Waals surface area contributed by atoms with Gasteiger partial charge in [-0.3, -0.25) is 0 Å². The summed E-state index contributed by atoms with van der Waals surface area (Å²) in [5.41, 5.74) is 0. The summed E-state index contributed by atoms with van der Waals surface area (Å²) in [6.45, 7) is 3.43. The van der Waals surface area contributed by atoms with Crippen LogP contribution < -0.4 is 0 Å². The first kappa shape index (κ1) is 11.6. The van der Waals surface area contributed by atoms with Crippen LogP contribution in [0.15, 0.2) is 0 Å². The van der Waals surface area contributed by atoms with Gasteiger partial charge in [0.25, 0.3) is 0 Å². The Morgan fingerprint density at radius 3 is 1.78 bits per heavy atom. The number of hydrogen-bond acceptors (Lipinski definition) is 1. The zero-order chi connectivity index (χ0) is 7.70. The van der Waals surface area contributed by atoms with Crippen LogP contribution in [0.25, 0.3) is 0 Å². The van der Waals surface area contributed by atoms with E-state index in [0.29, 0.717) is 6.61 Å². The van der Waals surface area contributed by atoms with Gasteiger partial charge in [0.2, 0.25) is 0 Å². The summed E-state index contributed by atoms with van der Waals surface area (Å²) in [5.74, 6) is 0. The van der Waals surface area contributed by atoms with Gasteiger partial charge < -0.3 is 4.74 Å². The highest BCUT2D eigenvalue weighted by Crippen LogP contribution is 1.67. The van der Waals surface area contributed by atoms with E-state index in [1.165, 1.54) is 7.11 Å². The molecule has 0 saturated heterocycles. The maximum Gasteiger partial charge on any atom is 0.106 e. The summed E-state index contributed by atoms with van der Waals surface area (Å²) in [4.78, 5) is 0. The Hall–Kier alpha value is -0.120. The van der Waals surface area contributed by atoms with E-state index in [2.05, 4.69) is 4.74 Å². The molecule has 0 spiro atoms. The smallest absolute Gasteiger partial charge is 0.106 e. The van der Waals surface area contributed by atoms with E-state index >= 15 is 0 Å². The van der Waals surface area contributed by atoms with Crippen LogP contribution in [0.2, 0.25) is 0 Å². The van der Waals surface area contributed by atoms with Gasteiger partial charge in [0, 0.05) is 7.11 Å². The highest BCUT2D eigenvalue weighted by molar-refractivity contribution is 4.20. The van der Waals surface area contributed by atoms with Gasteiger partial charge in [-0.15, -0.1) is 0 Å². The quantitative estimate of drug-likeness (QED) is 0.553. The Morgan fingerprint density at radius 2 is 1.78 bits per heavy atom. The standard InChI is InChI=1S/C3H7O2.C3H7O/c1-5-3-2-4;1-3(2)4/h2-3H2,1H3;3H,1-2H3. The van der Waals surface area contributed by atoms with Crippen molar-refractivity contribution >= 4 is 0 Å². The van der Waals surface area contributed by atoms with E-state index in [0.717, 1.165) is 0 Å². The predicted octanol–water partition coefficient (Wildman–Crippen LogP) is 0.889. The van der Waals surface area contributed by atoms with Crippen molar-refractivity contribution in [2.24, 2.45) is 0 Å². The van der Waals surface area contributed by atoms with Crippen LogP contribution in [0.3, 0.4) is 0 Å². The van der Waals surface area contributed by atoms with Gasteiger partial charge in [-0.25, -0.2) is 10.2 Å². The van der Waals surface area contributed by atoms with Gasteiger partial charge in [-0.05, 0) is 13.8 Å². The second kappa shape index (κ2) is 10.8. The Bertz CT molecular complexity index is 32.5. The van der Waals surface area contributed by atoms with Gasteiger partial charge in [0.05, 0.1) is 12.7 Å². The van der Waals surface area contributed by atoms with Crippen molar-refractivity contribution in [1.29, 1.82) is 0 Å². The highest BCUT2D eigenvalue weighted by Gasteiger charge is 1.73. The molecule has 0 aromatic heterocycles. The van der Waals surface area contributed by atoms with Crippen molar-refractivity contribution in [2.75, 3.05) is 20.3 Å². The molecule has 0 atom stereocenters. The third-order valence-corrected chi connectivity index (χ3v) is 0.287. The molecule has 0 aliphatic heterocycles. The highest BCUT2D eigenvalue weighted by atomic mass is 16.5. The molecule has 0 aliphatic rings. The third-order valence-electron chi connectivity index (χ3n) is 0.287. The summed E-state index contributed by atoms with van der Waals surface area (Å²) in [6, 6.07) is 0. The Morgan fingerprint density at radius 1 is 1.44 bits per heavy atom. The summed E-state index contributed by atoms with van der Waals surface area (Å²) in [6.07, 6.45) is -0.417. The second-order valence-corrected chi connectivity index (χ2v) is 1.75. The molecule has 0 amide bonds. The van der Waals surface area contributed by atoms with Crippen LogP contribution in [0, 0.1) is 0 Å². The number of ether oxygens (including phenoxy) is 1. The van der Waals surface area contributed by atoms with Crippen molar-refractivity contribution in [3.05, 3.63) is 0 Å². The number of hydrogen-bond donors (Lipinski definition) is 0. The maximum atomic E-state index is 9.53. The average molecular weight is 134 g/mol. The van der Waals surface area contributed by atoms with Crippen molar-refractivity contribution < 1.29 is 14.9 Å². The molecule has 0 saturated carbocycles. The minimum absolute atomic E-state index is 0.128. The Balaban J connectivity index is 0. The lowest BCUT2D eigenvalue weighted by Crippen LogP contribution is -1.90. The lowest BCUT2D eigenvalue weighted by atomic mass is 10.5. The first-order valence-electron chi connectivity index (χ1n) is 2.88. The SMILES string of the molecule is CC(C)[O].COCC[O]. The maximum absolute atomic E-state index is 9.53. The zero-order valence-corrected chi connectivity index (χ0v) is 6.22. The van der Waals surface area contributed by atoms with Crippen LogP contribution >= 0.6 is 0 Å². The fraction of sp³-hybridized carbons (Fsp3) is 1.00. The minimum Gasteiger partial charge on any atom is -0.382 e. The van der Waals surface area contributed by atoms with E-state index < -0.39 is 6.10 Å². The molecule has 2 radical (unpaired) electrons. The normalized spacial score (nSPS) is 8.67. The molecule has 0 aliphatic carbocycles. The molecule has 0 aromatic carbocycles. The third kappa shape index (κ3) is 77.1. The van der Waals surface area contributed by atoms with Crippen LogP contribution in [0.4, 0.5) is 0 Å². The minimum atomic E-state index is -0.417. The van der Waals surface area contributed by atoms with E-state index in [1.807, 2.05) is 0 Å². The predicted molar refractivity (Wildman–Crippen MR) is 33.3 cm³/mol. The number of methoxy groups -OCH3 is 1. The Kier molecular flexibility index (Phi) is 14.0. The summed E-state index contributed by atoms with van der Waals surface area (Å²) < 4.78 is 4.38. The van der Waals surface area contributed by atoms with E-state index in [9.17, 15) is 10.2 Å². The molecule has 3 nitrogen and oxygen atoms in total. The molecule has 0 bridgehead atoms. The number of rotatable bonds is 2. The van der Waals surface area contributed by atoms with Crippen molar-refractivity contribution in [3.63, 3.8) is 0 Å². The van der Waals surface area contributed by atoms with Crippen LogP contribution in [0.5, 0.6) is 0 Å². The molecule has 0 N–H and O–H groups in total. The molecule has 0 fully saturated rings. The van der Waals surface area contributed by atoms with Gasteiger partial charge in [-0.2, -0.15) is 0 Å². The molecule has 0 rings (SSSR count). The molecule has 0 heterocycles. The van der Waals surface area contributed by atoms with Crippen molar-refractivity contribution in [1.82, 2.24) is 0 Å². The largest absolute Gasteiger partial charge is 0.382 e. The first-order valence-corrected chi connectivity index (χ1v) is 2.88. The lowest BCUT2D eigenvalue weighted by molar-refractivity contribution is 0.0948. The second-order valence-electron chi connectivity index (χ2n) is 1.75. The van der Waals surface area contributed by atoms with Crippen molar-refractivity contribution in [2.45, 2.75) is 20.0 Å². The van der Waals surface area contributed by atoms with Gasteiger partial charge in [0.1, 0.15) is 6.61 Å². The van der Waals surface area contributed by atoms with Crippen LogP contribution in [-0.2, 0) is 14.9 Å². The summed E-state index contributed by atoms with van der Waals surface area (Å²) >= 11 is 0. The van der Waals surface area contributed by atoms with E-state index in [4.69, 9.17) is 0 Å². The van der Waals surface area contributed by atoms with E-state index in [-0.39, 0.29) is 6.61 Å². The summed E-state index contributed by atoms with van der Waals surface area (Å²) in [7, 11) is 1.51. The Labute approximate surface area is 56.3 Å². The molecule has 3 heteroatoms. The first-order chi connectivity index (χ1) is 4.15. The molecule has 0 unspecified atom stereocenters. The van der Waals surface area contributed by atoms with Crippen molar-refractivity contribution in [3.8, 4) is 0 Å². The molecular weight excluding hydrogens is 120 g/mol. The fourth-order valence-corrected chi connectivity index (χ4v) is 0.0833. The van der Waals surface area contributed by atoms with Crippen LogP contribution in [-0.4, -0.2) is 26.4 Å². The van der Waals surface area contributed by atoms with Gasteiger partial charge in [-0.1, -0.05) is 0 Å². The molecule has 9 heavy (non-hydrogen) atoms. The molecule has 56 valence electrons. The van der Waals surface area contributed by atoms with Gasteiger partial charge >= 0.3 is 0 Å². The molecule has 0 aromatic rings. The summed E-state index contributed by atoms with van der Waals surface area (Å²) in [5, 5.41) is 18.9.